The molecule has 1 rings (SSSR count). The van der Waals surface area contributed by atoms with Crippen molar-refractivity contribution in [1.29, 1.82) is 0 Å². The monoisotopic (exact) mass is 264 g/mol. The van der Waals surface area contributed by atoms with Crippen molar-refractivity contribution < 1.29 is 22.5 Å². The molecule has 0 aromatic rings. The zero-order chi connectivity index (χ0) is 13.1. The Hall–Kier alpha value is -0.620. The Morgan fingerprint density at radius 3 is 2.47 bits per heavy atom. The SMILES string of the molecule is CCC1CC(CCOS(C)(=O)=O)CC1C(=O)O. The molecule has 0 aromatic heterocycles. The summed E-state index contributed by atoms with van der Waals surface area (Å²) in [5.74, 6) is -0.523. The maximum atomic E-state index is 11.0. The van der Waals surface area contributed by atoms with Gasteiger partial charge in [0.2, 0.25) is 0 Å². The summed E-state index contributed by atoms with van der Waals surface area (Å²) < 4.78 is 26.2. The molecule has 17 heavy (non-hydrogen) atoms. The van der Waals surface area contributed by atoms with E-state index in [1.54, 1.807) is 0 Å². The van der Waals surface area contributed by atoms with Crippen LogP contribution in [0.4, 0.5) is 0 Å². The van der Waals surface area contributed by atoms with Crippen LogP contribution in [0.25, 0.3) is 0 Å². The third kappa shape index (κ3) is 4.63. The van der Waals surface area contributed by atoms with Crippen molar-refractivity contribution in [2.24, 2.45) is 17.8 Å². The molecule has 1 fully saturated rings. The van der Waals surface area contributed by atoms with E-state index < -0.39 is 16.1 Å². The standard InChI is InChI=1S/C11H20O5S/c1-3-9-6-8(7-10(9)11(12)13)4-5-16-17(2,14)15/h8-10H,3-7H2,1-2H3,(H,12,13). The number of aliphatic carboxylic acids is 1. The third-order valence-corrected chi connectivity index (χ3v) is 4.05. The average Bonchev–Trinajstić information content (AvgIpc) is 2.59. The van der Waals surface area contributed by atoms with Gasteiger partial charge in [0.05, 0.1) is 18.8 Å². The minimum Gasteiger partial charge on any atom is -0.481 e. The van der Waals surface area contributed by atoms with Crippen LogP contribution in [0.3, 0.4) is 0 Å². The van der Waals surface area contributed by atoms with E-state index in [4.69, 9.17) is 5.11 Å². The summed E-state index contributed by atoms with van der Waals surface area (Å²) in [5.41, 5.74) is 0. The van der Waals surface area contributed by atoms with Gasteiger partial charge in [-0.25, -0.2) is 0 Å². The van der Waals surface area contributed by atoms with Crippen LogP contribution >= 0.6 is 0 Å². The highest BCUT2D eigenvalue weighted by Crippen LogP contribution is 2.40. The second-order valence-electron chi connectivity index (χ2n) is 4.77. The predicted octanol–water partition coefficient (Wildman–Crippen LogP) is 1.49. The highest BCUT2D eigenvalue weighted by molar-refractivity contribution is 7.85. The first kappa shape index (κ1) is 14.4. The van der Waals surface area contributed by atoms with Gasteiger partial charge >= 0.3 is 5.97 Å². The van der Waals surface area contributed by atoms with Gasteiger partial charge in [-0.1, -0.05) is 13.3 Å². The fraction of sp³-hybridized carbons (Fsp3) is 0.909. The molecule has 3 unspecified atom stereocenters. The molecule has 1 saturated carbocycles. The van der Waals surface area contributed by atoms with Crippen LogP contribution in [0.15, 0.2) is 0 Å². The first-order valence-corrected chi connectivity index (χ1v) is 7.72. The normalized spacial score (nSPS) is 29.4. The number of carboxylic acid groups (broad SMARTS) is 1. The van der Waals surface area contributed by atoms with Crippen LogP contribution < -0.4 is 0 Å². The zero-order valence-corrected chi connectivity index (χ0v) is 11.1. The van der Waals surface area contributed by atoms with Gasteiger partial charge in [0.1, 0.15) is 0 Å². The maximum Gasteiger partial charge on any atom is 0.306 e. The Morgan fingerprint density at radius 2 is 2.06 bits per heavy atom. The molecule has 100 valence electrons. The minimum absolute atomic E-state index is 0.159. The van der Waals surface area contributed by atoms with Crippen molar-refractivity contribution in [1.82, 2.24) is 0 Å². The van der Waals surface area contributed by atoms with E-state index in [1.165, 1.54) is 0 Å². The van der Waals surface area contributed by atoms with E-state index in [0.29, 0.717) is 12.8 Å². The molecule has 1 aliphatic carbocycles. The van der Waals surface area contributed by atoms with Gasteiger partial charge in [0.15, 0.2) is 0 Å². The zero-order valence-electron chi connectivity index (χ0n) is 10.3. The fourth-order valence-corrected chi connectivity index (χ4v) is 2.99. The number of carboxylic acids is 1. The van der Waals surface area contributed by atoms with E-state index in [-0.39, 0.29) is 24.4 Å². The molecule has 0 aliphatic heterocycles. The van der Waals surface area contributed by atoms with Crippen LogP contribution in [0.5, 0.6) is 0 Å². The van der Waals surface area contributed by atoms with Crippen molar-refractivity contribution in [3.63, 3.8) is 0 Å². The van der Waals surface area contributed by atoms with E-state index in [2.05, 4.69) is 4.18 Å². The van der Waals surface area contributed by atoms with Gasteiger partial charge in [-0.2, -0.15) is 8.42 Å². The van der Waals surface area contributed by atoms with Crippen molar-refractivity contribution in [3.05, 3.63) is 0 Å². The molecule has 0 bridgehead atoms. The van der Waals surface area contributed by atoms with E-state index >= 15 is 0 Å². The summed E-state index contributed by atoms with van der Waals surface area (Å²) >= 11 is 0. The van der Waals surface area contributed by atoms with Crippen molar-refractivity contribution >= 4 is 16.1 Å². The molecule has 0 heterocycles. The molecule has 1 N–H and O–H groups in total. The largest absolute Gasteiger partial charge is 0.481 e. The molecule has 0 amide bonds. The van der Waals surface area contributed by atoms with Crippen molar-refractivity contribution in [2.75, 3.05) is 12.9 Å². The average molecular weight is 264 g/mol. The highest BCUT2D eigenvalue weighted by Gasteiger charge is 2.37. The third-order valence-electron chi connectivity index (χ3n) is 3.46. The number of hydrogen-bond donors (Lipinski definition) is 1. The molecule has 5 nitrogen and oxygen atoms in total. The van der Waals surface area contributed by atoms with Gasteiger partial charge in [0.25, 0.3) is 10.1 Å². The van der Waals surface area contributed by atoms with Crippen LogP contribution in [0.1, 0.15) is 32.6 Å². The number of carbonyl (C=O) groups is 1. The lowest BCUT2D eigenvalue weighted by Gasteiger charge is -2.11. The molecule has 0 aromatic carbocycles. The van der Waals surface area contributed by atoms with E-state index in [1.807, 2.05) is 6.92 Å². The quantitative estimate of drug-likeness (QED) is 0.735. The molecule has 6 heteroatoms. The molecule has 0 spiro atoms. The first-order valence-electron chi connectivity index (χ1n) is 5.90. The van der Waals surface area contributed by atoms with Gasteiger partial charge < -0.3 is 5.11 Å². The van der Waals surface area contributed by atoms with Crippen molar-refractivity contribution in [3.8, 4) is 0 Å². The smallest absolute Gasteiger partial charge is 0.306 e. The second kappa shape index (κ2) is 5.82. The number of rotatable bonds is 6. The van der Waals surface area contributed by atoms with Crippen LogP contribution in [0.2, 0.25) is 0 Å². The van der Waals surface area contributed by atoms with Gasteiger partial charge in [-0.05, 0) is 31.1 Å². The Bertz CT molecular complexity index is 362. The first-order chi connectivity index (χ1) is 7.83. The molecule has 3 atom stereocenters. The van der Waals surface area contributed by atoms with Gasteiger partial charge in [-0.15, -0.1) is 0 Å². The molecular weight excluding hydrogens is 244 g/mol. The van der Waals surface area contributed by atoms with E-state index in [9.17, 15) is 13.2 Å². The summed E-state index contributed by atoms with van der Waals surface area (Å²) in [7, 11) is -3.38. The Kier molecular flexibility index (Phi) is 4.94. The Morgan fingerprint density at radius 1 is 1.41 bits per heavy atom. The van der Waals surface area contributed by atoms with Crippen molar-refractivity contribution in [2.45, 2.75) is 32.6 Å². The van der Waals surface area contributed by atoms with Gasteiger partial charge in [0, 0.05) is 0 Å². The lowest BCUT2D eigenvalue weighted by molar-refractivity contribution is -0.143. The summed E-state index contributed by atoms with van der Waals surface area (Å²) in [6, 6.07) is 0. The lowest BCUT2D eigenvalue weighted by atomic mass is 9.94. The second-order valence-corrected chi connectivity index (χ2v) is 6.41. The van der Waals surface area contributed by atoms with E-state index in [0.717, 1.165) is 19.1 Å². The Labute approximate surface area is 102 Å². The topological polar surface area (TPSA) is 80.7 Å². The van der Waals surface area contributed by atoms with Crippen LogP contribution in [-0.2, 0) is 19.1 Å². The molecular formula is C11H20O5S. The molecule has 1 aliphatic rings. The van der Waals surface area contributed by atoms with Crippen LogP contribution in [0, 0.1) is 17.8 Å². The van der Waals surface area contributed by atoms with Gasteiger partial charge in [-0.3, -0.25) is 8.98 Å². The lowest BCUT2D eigenvalue weighted by Crippen LogP contribution is -2.17. The summed E-state index contributed by atoms with van der Waals surface area (Å²) in [5, 5.41) is 9.06. The maximum absolute atomic E-state index is 11.0. The highest BCUT2D eigenvalue weighted by atomic mass is 32.2. The van der Waals surface area contributed by atoms with Crippen LogP contribution in [-0.4, -0.2) is 32.4 Å². The summed E-state index contributed by atoms with van der Waals surface area (Å²) in [4.78, 5) is 11.0. The number of hydrogen-bond acceptors (Lipinski definition) is 4. The molecule has 0 radical (unpaired) electrons. The summed E-state index contributed by atoms with van der Waals surface area (Å²) in [6.45, 7) is 2.16. The molecule has 0 saturated heterocycles. The predicted molar refractivity (Wildman–Crippen MR) is 63.0 cm³/mol. The minimum atomic E-state index is -3.38. The Balaban J connectivity index is 2.40. The fourth-order valence-electron chi connectivity index (χ4n) is 2.60. The summed E-state index contributed by atoms with van der Waals surface area (Å²) in [6.07, 6.45) is 4.01.